The molecule has 0 heterocycles. The van der Waals surface area contributed by atoms with Gasteiger partial charge in [-0.25, -0.2) is 0 Å². The molecule has 0 fully saturated rings. The first-order valence-corrected chi connectivity index (χ1v) is 6.31. The predicted octanol–water partition coefficient (Wildman–Crippen LogP) is 3.98. The van der Waals surface area contributed by atoms with Crippen LogP contribution in [0.15, 0.2) is 18.2 Å². The van der Waals surface area contributed by atoms with Crippen molar-refractivity contribution in [1.29, 1.82) is 0 Å². The summed E-state index contributed by atoms with van der Waals surface area (Å²) in [5.74, 6) is 0.665. The largest absolute Gasteiger partial charge is 0.491 e. The van der Waals surface area contributed by atoms with Gasteiger partial charge in [-0.15, -0.1) is 0 Å². The molecule has 0 aliphatic rings. The van der Waals surface area contributed by atoms with Gasteiger partial charge in [-0.3, -0.25) is 0 Å². The fraction of sp³-hybridized carbons (Fsp3) is 0.571. The molecule has 0 bridgehead atoms. The first-order chi connectivity index (χ1) is 8.74. The predicted molar refractivity (Wildman–Crippen MR) is 68.9 cm³/mol. The summed E-state index contributed by atoms with van der Waals surface area (Å²) in [6.45, 7) is 5.79. The molecule has 1 unspecified atom stereocenters. The average molecular weight is 275 g/mol. The lowest BCUT2D eigenvalue weighted by atomic mass is 10.1. The molecule has 0 saturated carbocycles. The SMILES string of the molecule is CC(C)CC(C)Oc1ccc(CN)c(C(F)(F)F)c1. The van der Waals surface area contributed by atoms with Crippen molar-refractivity contribution in [2.75, 3.05) is 0 Å². The molecule has 0 radical (unpaired) electrons. The second-order valence-corrected chi connectivity index (χ2v) is 5.08. The smallest absolute Gasteiger partial charge is 0.416 e. The minimum Gasteiger partial charge on any atom is -0.491 e. The van der Waals surface area contributed by atoms with E-state index in [1.165, 1.54) is 12.1 Å². The molecule has 2 nitrogen and oxygen atoms in total. The van der Waals surface area contributed by atoms with Crippen LogP contribution in [0.4, 0.5) is 13.2 Å². The number of halogens is 3. The molecule has 1 aromatic carbocycles. The lowest BCUT2D eigenvalue weighted by molar-refractivity contribution is -0.138. The Morgan fingerprint density at radius 2 is 1.84 bits per heavy atom. The monoisotopic (exact) mass is 275 g/mol. The molecule has 1 rings (SSSR count). The maximum atomic E-state index is 12.9. The summed E-state index contributed by atoms with van der Waals surface area (Å²) in [7, 11) is 0. The van der Waals surface area contributed by atoms with E-state index in [1.54, 1.807) is 0 Å². The summed E-state index contributed by atoms with van der Waals surface area (Å²) in [5.41, 5.74) is 4.69. The zero-order chi connectivity index (χ0) is 14.6. The maximum Gasteiger partial charge on any atom is 0.416 e. The summed E-state index contributed by atoms with van der Waals surface area (Å²) in [5, 5.41) is 0. The Labute approximate surface area is 111 Å². The van der Waals surface area contributed by atoms with Crippen molar-refractivity contribution in [3.63, 3.8) is 0 Å². The van der Waals surface area contributed by atoms with Gasteiger partial charge in [-0.05, 0) is 37.0 Å². The molecule has 1 aromatic rings. The number of rotatable bonds is 5. The van der Waals surface area contributed by atoms with Crippen LogP contribution in [0.5, 0.6) is 5.75 Å². The molecule has 108 valence electrons. The van der Waals surface area contributed by atoms with E-state index < -0.39 is 11.7 Å². The minimum absolute atomic E-state index is 0.0800. The third kappa shape index (κ3) is 4.74. The number of ether oxygens (including phenoxy) is 1. The molecular weight excluding hydrogens is 255 g/mol. The average Bonchev–Trinajstić information content (AvgIpc) is 2.26. The fourth-order valence-electron chi connectivity index (χ4n) is 2.02. The minimum atomic E-state index is -4.41. The van der Waals surface area contributed by atoms with Crippen LogP contribution in [0, 0.1) is 5.92 Å². The number of alkyl halides is 3. The highest BCUT2D eigenvalue weighted by Crippen LogP contribution is 2.34. The summed E-state index contributed by atoms with van der Waals surface area (Å²) in [4.78, 5) is 0. The molecule has 0 amide bonds. The highest BCUT2D eigenvalue weighted by atomic mass is 19.4. The number of benzene rings is 1. The van der Waals surface area contributed by atoms with Gasteiger partial charge >= 0.3 is 6.18 Å². The van der Waals surface area contributed by atoms with Crippen molar-refractivity contribution in [2.24, 2.45) is 11.7 Å². The van der Waals surface area contributed by atoms with E-state index >= 15 is 0 Å². The van der Waals surface area contributed by atoms with Crippen LogP contribution < -0.4 is 10.5 Å². The van der Waals surface area contributed by atoms with Crippen LogP contribution in [-0.2, 0) is 12.7 Å². The topological polar surface area (TPSA) is 35.2 Å². The van der Waals surface area contributed by atoms with E-state index in [4.69, 9.17) is 10.5 Å². The summed E-state index contributed by atoms with van der Waals surface area (Å²) >= 11 is 0. The second-order valence-electron chi connectivity index (χ2n) is 5.08. The van der Waals surface area contributed by atoms with Crippen molar-refractivity contribution in [1.82, 2.24) is 0 Å². The summed E-state index contributed by atoms with van der Waals surface area (Å²) in [6.07, 6.45) is -3.74. The lowest BCUT2D eigenvalue weighted by Crippen LogP contribution is -2.16. The van der Waals surface area contributed by atoms with E-state index in [2.05, 4.69) is 0 Å². The summed E-state index contributed by atoms with van der Waals surface area (Å²) in [6, 6.07) is 3.94. The van der Waals surface area contributed by atoms with Gasteiger partial charge in [0.15, 0.2) is 0 Å². The Kier molecular flexibility index (Phi) is 5.23. The quantitative estimate of drug-likeness (QED) is 0.882. The van der Waals surface area contributed by atoms with Crippen LogP contribution in [0.2, 0.25) is 0 Å². The van der Waals surface area contributed by atoms with Crippen molar-refractivity contribution in [3.8, 4) is 5.75 Å². The molecule has 1 atom stereocenters. The Morgan fingerprint density at radius 3 is 2.32 bits per heavy atom. The molecule has 0 spiro atoms. The zero-order valence-electron chi connectivity index (χ0n) is 11.4. The zero-order valence-corrected chi connectivity index (χ0v) is 11.4. The van der Waals surface area contributed by atoms with Crippen molar-refractivity contribution in [2.45, 2.75) is 46.0 Å². The third-order valence-electron chi connectivity index (χ3n) is 2.75. The van der Waals surface area contributed by atoms with Crippen LogP contribution in [0.1, 0.15) is 38.3 Å². The van der Waals surface area contributed by atoms with Crippen LogP contribution in [0.3, 0.4) is 0 Å². The van der Waals surface area contributed by atoms with E-state index in [0.717, 1.165) is 12.5 Å². The van der Waals surface area contributed by atoms with Gasteiger partial charge in [0.1, 0.15) is 5.75 Å². The highest BCUT2D eigenvalue weighted by molar-refractivity contribution is 5.37. The first-order valence-electron chi connectivity index (χ1n) is 6.31. The molecule has 2 N–H and O–H groups in total. The van der Waals surface area contributed by atoms with Crippen LogP contribution >= 0.6 is 0 Å². The lowest BCUT2D eigenvalue weighted by Gasteiger charge is -2.19. The number of hydrogen-bond donors (Lipinski definition) is 1. The number of nitrogens with two attached hydrogens (primary N) is 1. The Balaban J connectivity index is 2.93. The molecule has 0 aliphatic heterocycles. The van der Waals surface area contributed by atoms with Gasteiger partial charge in [0.25, 0.3) is 0 Å². The maximum absolute atomic E-state index is 12.9. The third-order valence-corrected chi connectivity index (χ3v) is 2.75. The standard InChI is InChI=1S/C14H20F3NO/c1-9(2)6-10(3)19-12-5-4-11(8-18)13(7-12)14(15,16)17/h4-5,7,9-10H,6,8,18H2,1-3H3. The van der Waals surface area contributed by atoms with Crippen molar-refractivity contribution in [3.05, 3.63) is 29.3 Å². The highest BCUT2D eigenvalue weighted by Gasteiger charge is 2.33. The van der Waals surface area contributed by atoms with Gasteiger partial charge in [0.05, 0.1) is 11.7 Å². The van der Waals surface area contributed by atoms with Gasteiger partial charge in [-0.1, -0.05) is 19.9 Å². The summed E-state index contributed by atoms with van der Waals surface area (Å²) < 4.78 is 44.1. The van der Waals surface area contributed by atoms with Gasteiger partial charge < -0.3 is 10.5 Å². The first kappa shape index (κ1) is 15.8. The van der Waals surface area contributed by atoms with Gasteiger partial charge in [0, 0.05) is 6.54 Å². The van der Waals surface area contributed by atoms with E-state index in [9.17, 15) is 13.2 Å². The Hall–Kier alpha value is -1.23. The van der Waals surface area contributed by atoms with Gasteiger partial charge in [-0.2, -0.15) is 13.2 Å². The number of hydrogen-bond acceptors (Lipinski definition) is 2. The van der Waals surface area contributed by atoms with Crippen molar-refractivity contribution < 1.29 is 17.9 Å². The van der Waals surface area contributed by atoms with Gasteiger partial charge in [0.2, 0.25) is 0 Å². The molecule has 0 aromatic heterocycles. The molecule has 5 heteroatoms. The second kappa shape index (κ2) is 6.28. The van der Waals surface area contributed by atoms with E-state index in [1.807, 2.05) is 20.8 Å². The Morgan fingerprint density at radius 1 is 1.21 bits per heavy atom. The van der Waals surface area contributed by atoms with Crippen molar-refractivity contribution >= 4 is 0 Å². The van der Waals surface area contributed by atoms with E-state index in [-0.39, 0.29) is 24.0 Å². The molecule has 0 saturated heterocycles. The van der Waals surface area contributed by atoms with Crippen LogP contribution in [0.25, 0.3) is 0 Å². The molecule has 19 heavy (non-hydrogen) atoms. The molecule has 0 aliphatic carbocycles. The van der Waals surface area contributed by atoms with Crippen LogP contribution in [-0.4, -0.2) is 6.10 Å². The Bertz CT molecular complexity index is 416. The molecular formula is C14H20F3NO. The normalized spacial score (nSPS) is 13.7. The fourth-order valence-corrected chi connectivity index (χ4v) is 2.02. The van der Waals surface area contributed by atoms with E-state index in [0.29, 0.717) is 5.92 Å².